The van der Waals surface area contributed by atoms with E-state index in [1.165, 1.54) is 22.4 Å². The summed E-state index contributed by atoms with van der Waals surface area (Å²) in [7, 11) is -2.56. The lowest BCUT2D eigenvalue weighted by Crippen LogP contribution is -2.32. The normalized spacial score (nSPS) is 16.7. The van der Waals surface area contributed by atoms with Crippen LogP contribution >= 0.6 is 0 Å². The Hall–Kier alpha value is -2.55. The van der Waals surface area contributed by atoms with Crippen molar-refractivity contribution in [1.29, 1.82) is 0 Å². The molecule has 0 saturated carbocycles. The van der Waals surface area contributed by atoms with Gasteiger partial charge in [-0.3, -0.25) is 4.90 Å². The monoisotopic (exact) mass is 423 g/mol. The van der Waals surface area contributed by atoms with Gasteiger partial charge >= 0.3 is 0 Å². The van der Waals surface area contributed by atoms with Crippen LogP contribution in [0.1, 0.15) is 41.1 Å². The summed E-state index contributed by atoms with van der Waals surface area (Å²) in [6.45, 7) is 4.04. The molecular weight excluding hydrogens is 398 g/mol. The Kier molecular flexibility index (Phi) is 5.37. The third-order valence-electron chi connectivity index (χ3n) is 6.19. The van der Waals surface area contributed by atoms with Gasteiger partial charge in [0.05, 0.1) is 12.2 Å². The standard InChI is InChI=1S/C22H25N5O2S/c28-30(29)23-13-16-4-3-6-18(12-16)17-8-10-26(11-9-17)15-21-22-20-7-2-1-5-19(20)14-27(22)25-24-21/h1-7,12,17,30H,8-11,13-15H2,(H,23,28,29). The van der Waals surface area contributed by atoms with E-state index in [1.807, 2.05) is 16.8 Å². The molecule has 2 aliphatic rings. The highest BCUT2D eigenvalue weighted by Gasteiger charge is 2.27. The average Bonchev–Trinajstić information content (AvgIpc) is 3.33. The number of likely N-dealkylation sites (tertiary alicyclic amines) is 1. The number of fused-ring (bicyclic) bond motifs is 3. The number of hydrogen-bond acceptors (Lipinski definition) is 5. The van der Waals surface area contributed by atoms with Crippen LogP contribution in [0, 0.1) is 0 Å². The second-order valence-corrected chi connectivity index (χ2v) is 8.92. The first-order valence-corrected chi connectivity index (χ1v) is 11.5. The predicted octanol–water partition coefficient (Wildman–Crippen LogP) is 2.30. The summed E-state index contributed by atoms with van der Waals surface area (Å²) in [5, 5.41) is 8.84. The molecule has 30 heavy (non-hydrogen) atoms. The van der Waals surface area contributed by atoms with Gasteiger partial charge in [-0.25, -0.2) is 17.8 Å². The van der Waals surface area contributed by atoms with Gasteiger partial charge in [0, 0.05) is 18.7 Å². The highest BCUT2D eigenvalue weighted by atomic mass is 32.2. The lowest BCUT2D eigenvalue weighted by atomic mass is 9.88. The van der Waals surface area contributed by atoms with E-state index < -0.39 is 10.9 Å². The molecule has 0 radical (unpaired) electrons. The third kappa shape index (κ3) is 3.90. The van der Waals surface area contributed by atoms with Crippen molar-refractivity contribution in [2.45, 2.75) is 38.4 Å². The van der Waals surface area contributed by atoms with Crippen LogP contribution in [-0.4, -0.2) is 41.4 Å². The summed E-state index contributed by atoms with van der Waals surface area (Å²) >= 11 is 0. The van der Waals surface area contributed by atoms with E-state index in [-0.39, 0.29) is 0 Å². The molecule has 0 unspecified atom stereocenters. The topological polar surface area (TPSA) is 80.1 Å². The van der Waals surface area contributed by atoms with Gasteiger partial charge in [0.2, 0.25) is 10.9 Å². The van der Waals surface area contributed by atoms with E-state index in [9.17, 15) is 8.42 Å². The minimum Gasteiger partial charge on any atom is -0.297 e. The maximum Gasteiger partial charge on any atom is 0.201 e. The molecule has 2 aliphatic heterocycles. The van der Waals surface area contributed by atoms with E-state index >= 15 is 0 Å². The molecule has 0 aliphatic carbocycles. The molecule has 0 spiro atoms. The van der Waals surface area contributed by atoms with Crippen molar-refractivity contribution in [2.24, 2.45) is 0 Å². The molecule has 1 aromatic heterocycles. The zero-order chi connectivity index (χ0) is 20.5. The summed E-state index contributed by atoms with van der Waals surface area (Å²) < 4.78 is 26.0. The number of aromatic nitrogens is 3. The summed E-state index contributed by atoms with van der Waals surface area (Å²) in [6, 6.07) is 16.8. The van der Waals surface area contributed by atoms with Gasteiger partial charge in [-0.2, -0.15) is 0 Å². The Balaban J connectivity index is 1.23. The van der Waals surface area contributed by atoms with Crippen molar-refractivity contribution in [2.75, 3.05) is 13.1 Å². The third-order valence-corrected chi connectivity index (χ3v) is 6.61. The van der Waals surface area contributed by atoms with Gasteiger partial charge in [0.1, 0.15) is 5.69 Å². The molecule has 1 fully saturated rings. The van der Waals surface area contributed by atoms with E-state index in [0.717, 1.165) is 50.3 Å². The van der Waals surface area contributed by atoms with Gasteiger partial charge < -0.3 is 0 Å². The highest BCUT2D eigenvalue weighted by molar-refractivity contribution is 7.70. The molecule has 1 saturated heterocycles. The van der Waals surface area contributed by atoms with Crippen molar-refractivity contribution in [3.63, 3.8) is 0 Å². The van der Waals surface area contributed by atoms with Crippen molar-refractivity contribution in [1.82, 2.24) is 24.6 Å². The van der Waals surface area contributed by atoms with Crippen LogP contribution < -0.4 is 4.72 Å². The number of nitrogens with zero attached hydrogens (tertiary/aromatic N) is 4. The zero-order valence-electron chi connectivity index (χ0n) is 16.7. The SMILES string of the molecule is O=[SH](=O)NCc1cccc(C2CCN(Cc3nnn4c3-c3ccccc3C4)CC2)c1. The maximum atomic E-state index is 10.8. The molecule has 8 heteroatoms. The van der Waals surface area contributed by atoms with Crippen molar-refractivity contribution in [3.05, 3.63) is 70.9 Å². The summed E-state index contributed by atoms with van der Waals surface area (Å²) in [5.41, 5.74) is 7.12. The zero-order valence-corrected chi connectivity index (χ0v) is 17.6. The number of thiol groups is 1. The van der Waals surface area contributed by atoms with E-state index in [2.05, 4.69) is 56.3 Å². The molecule has 0 amide bonds. The summed E-state index contributed by atoms with van der Waals surface area (Å²) in [4.78, 5) is 2.47. The van der Waals surface area contributed by atoms with Crippen LogP contribution in [0.4, 0.5) is 0 Å². The van der Waals surface area contributed by atoms with Gasteiger partial charge in [-0.1, -0.05) is 53.7 Å². The lowest BCUT2D eigenvalue weighted by molar-refractivity contribution is 0.202. The van der Waals surface area contributed by atoms with Crippen LogP contribution in [0.3, 0.4) is 0 Å². The van der Waals surface area contributed by atoms with Gasteiger partial charge in [-0.15, -0.1) is 5.10 Å². The molecule has 2 aromatic carbocycles. The molecule has 0 bridgehead atoms. The highest BCUT2D eigenvalue weighted by Crippen LogP contribution is 2.34. The Morgan fingerprint density at radius 1 is 1.07 bits per heavy atom. The number of hydrogen-bond donors (Lipinski definition) is 2. The number of nitrogens with one attached hydrogen (secondary N) is 1. The Bertz CT molecular complexity index is 1120. The van der Waals surface area contributed by atoms with Crippen LogP contribution in [0.5, 0.6) is 0 Å². The van der Waals surface area contributed by atoms with Crippen LogP contribution in [0.25, 0.3) is 11.3 Å². The Morgan fingerprint density at radius 2 is 1.90 bits per heavy atom. The summed E-state index contributed by atoms with van der Waals surface area (Å²) in [6.07, 6.45) is 2.18. The number of benzene rings is 2. The lowest BCUT2D eigenvalue weighted by Gasteiger charge is -2.32. The minimum absolute atomic E-state index is 0.352. The van der Waals surface area contributed by atoms with Gasteiger partial charge in [0.15, 0.2) is 0 Å². The first kappa shape index (κ1) is 19.4. The second kappa shape index (κ2) is 8.29. The predicted molar refractivity (Wildman–Crippen MR) is 115 cm³/mol. The number of rotatable bonds is 6. The fraction of sp³-hybridized carbons (Fsp3) is 0.364. The van der Waals surface area contributed by atoms with E-state index in [4.69, 9.17) is 0 Å². The smallest absolute Gasteiger partial charge is 0.201 e. The van der Waals surface area contributed by atoms with Gasteiger partial charge in [-0.05, 0) is 48.5 Å². The van der Waals surface area contributed by atoms with Crippen molar-refractivity contribution >= 4 is 10.9 Å². The summed E-state index contributed by atoms with van der Waals surface area (Å²) in [5.74, 6) is 0.508. The maximum absolute atomic E-state index is 10.8. The van der Waals surface area contributed by atoms with Crippen molar-refractivity contribution in [3.8, 4) is 11.3 Å². The van der Waals surface area contributed by atoms with E-state index in [0.29, 0.717) is 12.5 Å². The fourth-order valence-electron chi connectivity index (χ4n) is 4.66. The molecule has 156 valence electrons. The second-order valence-electron chi connectivity index (χ2n) is 8.09. The van der Waals surface area contributed by atoms with Crippen LogP contribution in [0.15, 0.2) is 48.5 Å². The molecule has 3 aromatic rings. The molecule has 3 heterocycles. The quantitative estimate of drug-likeness (QED) is 0.465. The molecule has 1 N–H and O–H groups in total. The average molecular weight is 424 g/mol. The first-order valence-electron chi connectivity index (χ1n) is 10.4. The largest absolute Gasteiger partial charge is 0.297 e. The molecule has 7 nitrogen and oxygen atoms in total. The minimum atomic E-state index is -2.56. The fourth-order valence-corrected chi connectivity index (χ4v) is 4.97. The first-order chi connectivity index (χ1) is 14.7. The van der Waals surface area contributed by atoms with Crippen molar-refractivity contribution < 1.29 is 8.42 Å². The molecule has 5 rings (SSSR count). The van der Waals surface area contributed by atoms with Gasteiger partial charge in [0.25, 0.3) is 0 Å². The number of piperidine rings is 1. The molecular formula is C22H25N5O2S. The Labute approximate surface area is 177 Å². The Morgan fingerprint density at radius 3 is 2.73 bits per heavy atom. The molecule has 0 atom stereocenters. The van der Waals surface area contributed by atoms with Crippen LogP contribution in [0.2, 0.25) is 0 Å². The van der Waals surface area contributed by atoms with Crippen LogP contribution in [-0.2, 0) is 30.5 Å². The van der Waals surface area contributed by atoms with E-state index in [1.54, 1.807) is 0 Å².